The molecule has 3 rings (SSSR count). The molecule has 0 radical (unpaired) electrons. The van der Waals surface area contributed by atoms with E-state index in [4.69, 9.17) is 4.98 Å². The van der Waals surface area contributed by atoms with Gasteiger partial charge in [-0.3, -0.25) is 0 Å². The molecule has 0 bridgehead atoms. The van der Waals surface area contributed by atoms with E-state index in [9.17, 15) is 0 Å². The molecule has 2 nitrogen and oxygen atoms in total. The molecule has 1 aliphatic carbocycles. The Hall–Kier alpha value is -1.19. The Morgan fingerprint density at radius 3 is 2.76 bits per heavy atom. The third-order valence-corrected chi connectivity index (χ3v) is 5.48. The predicted octanol–water partition coefficient (Wildman–Crippen LogP) is 4.34. The molecule has 1 aliphatic rings. The third kappa shape index (κ3) is 3.04. The van der Waals surface area contributed by atoms with Gasteiger partial charge in [0.05, 0.1) is 11.7 Å². The van der Waals surface area contributed by atoms with Gasteiger partial charge in [-0.1, -0.05) is 30.7 Å². The summed E-state index contributed by atoms with van der Waals surface area (Å²) in [6, 6.07) is 6.98. The SMILES string of the molecule is CCNC(c1nc2c(s1)CCCC2)c1ccc(C)cc1C. The van der Waals surface area contributed by atoms with Gasteiger partial charge in [-0.2, -0.15) is 0 Å². The van der Waals surface area contributed by atoms with Gasteiger partial charge in [-0.25, -0.2) is 4.98 Å². The summed E-state index contributed by atoms with van der Waals surface area (Å²) >= 11 is 1.92. The smallest absolute Gasteiger partial charge is 0.115 e. The minimum absolute atomic E-state index is 0.242. The van der Waals surface area contributed by atoms with Crippen LogP contribution in [0.2, 0.25) is 0 Å². The van der Waals surface area contributed by atoms with Crippen LogP contribution in [0.15, 0.2) is 18.2 Å². The fourth-order valence-electron chi connectivity index (χ4n) is 3.18. The number of benzene rings is 1. The van der Waals surface area contributed by atoms with Crippen molar-refractivity contribution in [3.05, 3.63) is 50.5 Å². The Morgan fingerprint density at radius 2 is 2.05 bits per heavy atom. The highest BCUT2D eigenvalue weighted by atomic mass is 32.1. The summed E-state index contributed by atoms with van der Waals surface area (Å²) in [5, 5.41) is 4.88. The van der Waals surface area contributed by atoms with Gasteiger partial charge in [0.15, 0.2) is 0 Å². The number of thiazole rings is 1. The van der Waals surface area contributed by atoms with E-state index in [2.05, 4.69) is 44.3 Å². The second-order valence-corrected chi connectivity index (χ2v) is 7.10. The molecule has 0 fully saturated rings. The molecular weight excluding hydrogens is 276 g/mol. The Bertz CT molecular complexity index is 607. The van der Waals surface area contributed by atoms with Gasteiger partial charge in [0, 0.05) is 4.88 Å². The van der Waals surface area contributed by atoms with E-state index in [-0.39, 0.29) is 6.04 Å². The van der Waals surface area contributed by atoms with Crippen molar-refractivity contribution in [2.24, 2.45) is 0 Å². The van der Waals surface area contributed by atoms with Crippen molar-refractivity contribution in [1.29, 1.82) is 0 Å². The molecule has 0 spiro atoms. The van der Waals surface area contributed by atoms with Crippen molar-refractivity contribution in [2.45, 2.75) is 52.5 Å². The highest BCUT2D eigenvalue weighted by Gasteiger charge is 2.22. The number of nitrogens with one attached hydrogen (secondary N) is 1. The molecule has 0 saturated carbocycles. The molecule has 1 atom stereocenters. The maximum atomic E-state index is 4.97. The van der Waals surface area contributed by atoms with Crippen molar-refractivity contribution in [3.8, 4) is 0 Å². The fourth-order valence-corrected chi connectivity index (χ4v) is 4.43. The topological polar surface area (TPSA) is 24.9 Å². The second kappa shape index (κ2) is 6.29. The quantitative estimate of drug-likeness (QED) is 0.908. The molecule has 112 valence electrons. The minimum atomic E-state index is 0.242. The van der Waals surface area contributed by atoms with Crippen LogP contribution < -0.4 is 5.32 Å². The van der Waals surface area contributed by atoms with E-state index >= 15 is 0 Å². The minimum Gasteiger partial charge on any atom is -0.305 e. The summed E-state index contributed by atoms with van der Waals surface area (Å²) in [5.41, 5.74) is 5.40. The fraction of sp³-hybridized carbons (Fsp3) is 0.500. The molecular formula is C18H24N2S. The van der Waals surface area contributed by atoms with Gasteiger partial charge in [-0.15, -0.1) is 11.3 Å². The van der Waals surface area contributed by atoms with Crippen molar-refractivity contribution in [3.63, 3.8) is 0 Å². The van der Waals surface area contributed by atoms with Crippen LogP contribution in [0, 0.1) is 13.8 Å². The number of rotatable bonds is 4. The van der Waals surface area contributed by atoms with Crippen molar-refractivity contribution >= 4 is 11.3 Å². The van der Waals surface area contributed by atoms with Crippen LogP contribution in [0.3, 0.4) is 0 Å². The van der Waals surface area contributed by atoms with E-state index < -0.39 is 0 Å². The molecule has 1 unspecified atom stereocenters. The highest BCUT2D eigenvalue weighted by Crippen LogP contribution is 2.33. The first-order valence-corrected chi connectivity index (χ1v) is 8.79. The highest BCUT2D eigenvalue weighted by molar-refractivity contribution is 7.11. The van der Waals surface area contributed by atoms with E-state index in [0.29, 0.717) is 0 Å². The molecule has 0 saturated heterocycles. The average molecular weight is 300 g/mol. The largest absolute Gasteiger partial charge is 0.305 e. The Balaban J connectivity index is 1.99. The van der Waals surface area contributed by atoms with Crippen LogP contribution in [0.25, 0.3) is 0 Å². The molecule has 0 amide bonds. The van der Waals surface area contributed by atoms with E-state index in [0.717, 1.165) is 13.0 Å². The van der Waals surface area contributed by atoms with Gasteiger partial charge in [-0.05, 0) is 57.2 Å². The van der Waals surface area contributed by atoms with Gasteiger partial charge < -0.3 is 5.32 Å². The number of fused-ring (bicyclic) bond motifs is 1. The van der Waals surface area contributed by atoms with Gasteiger partial charge in [0.2, 0.25) is 0 Å². The van der Waals surface area contributed by atoms with Crippen LogP contribution in [-0.4, -0.2) is 11.5 Å². The molecule has 2 aromatic rings. The lowest BCUT2D eigenvalue weighted by Gasteiger charge is -2.18. The molecule has 1 N–H and O–H groups in total. The second-order valence-electron chi connectivity index (χ2n) is 5.98. The van der Waals surface area contributed by atoms with E-state index in [1.165, 1.54) is 51.5 Å². The summed E-state index contributed by atoms with van der Waals surface area (Å²) in [7, 11) is 0. The number of aryl methyl sites for hydroxylation is 4. The predicted molar refractivity (Wildman–Crippen MR) is 90.2 cm³/mol. The summed E-state index contributed by atoms with van der Waals surface area (Å²) in [5.74, 6) is 0. The molecule has 3 heteroatoms. The summed E-state index contributed by atoms with van der Waals surface area (Å²) in [6.45, 7) is 7.49. The Labute approximate surface area is 131 Å². The van der Waals surface area contributed by atoms with Gasteiger partial charge in [0.1, 0.15) is 5.01 Å². The third-order valence-electron chi connectivity index (χ3n) is 4.25. The summed E-state index contributed by atoms with van der Waals surface area (Å²) in [6.07, 6.45) is 5.01. The van der Waals surface area contributed by atoms with Crippen LogP contribution in [-0.2, 0) is 12.8 Å². The standard InChI is InChI=1S/C18H24N2S/c1-4-19-17(14-10-9-12(2)11-13(14)3)18-20-15-7-5-6-8-16(15)21-18/h9-11,17,19H,4-8H2,1-3H3. The summed E-state index contributed by atoms with van der Waals surface area (Å²) < 4.78 is 0. The summed E-state index contributed by atoms with van der Waals surface area (Å²) in [4.78, 5) is 6.48. The Morgan fingerprint density at radius 1 is 1.24 bits per heavy atom. The van der Waals surface area contributed by atoms with Gasteiger partial charge >= 0.3 is 0 Å². The maximum absolute atomic E-state index is 4.97. The van der Waals surface area contributed by atoms with Gasteiger partial charge in [0.25, 0.3) is 0 Å². The van der Waals surface area contributed by atoms with E-state index in [1.54, 1.807) is 0 Å². The zero-order chi connectivity index (χ0) is 14.8. The number of aromatic nitrogens is 1. The zero-order valence-corrected chi connectivity index (χ0v) is 14.0. The van der Waals surface area contributed by atoms with E-state index in [1.807, 2.05) is 11.3 Å². The van der Waals surface area contributed by atoms with Crippen LogP contribution in [0.5, 0.6) is 0 Å². The maximum Gasteiger partial charge on any atom is 0.115 e. The number of nitrogens with zero attached hydrogens (tertiary/aromatic N) is 1. The van der Waals surface area contributed by atoms with Crippen molar-refractivity contribution < 1.29 is 0 Å². The molecule has 0 aliphatic heterocycles. The Kier molecular flexibility index (Phi) is 4.41. The first-order chi connectivity index (χ1) is 10.2. The van der Waals surface area contributed by atoms with Crippen LogP contribution in [0.4, 0.5) is 0 Å². The lowest BCUT2D eigenvalue weighted by Crippen LogP contribution is -2.22. The van der Waals surface area contributed by atoms with Crippen LogP contribution in [0.1, 0.15) is 58.1 Å². The number of hydrogen-bond acceptors (Lipinski definition) is 3. The first kappa shape index (κ1) is 14.7. The first-order valence-electron chi connectivity index (χ1n) is 7.98. The monoisotopic (exact) mass is 300 g/mol. The van der Waals surface area contributed by atoms with Crippen molar-refractivity contribution in [2.75, 3.05) is 6.54 Å². The zero-order valence-electron chi connectivity index (χ0n) is 13.2. The molecule has 1 aromatic carbocycles. The average Bonchev–Trinajstić information content (AvgIpc) is 2.89. The van der Waals surface area contributed by atoms with Crippen molar-refractivity contribution in [1.82, 2.24) is 10.3 Å². The number of hydrogen-bond donors (Lipinski definition) is 1. The van der Waals surface area contributed by atoms with Crippen LogP contribution >= 0.6 is 11.3 Å². The molecule has 1 heterocycles. The normalized spacial score (nSPS) is 15.8. The molecule has 21 heavy (non-hydrogen) atoms. The lowest BCUT2D eigenvalue weighted by molar-refractivity contribution is 0.618. The molecule has 1 aromatic heterocycles. The lowest BCUT2D eigenvalue weighted by atomic mass is 9.99.